The van der Waals surface area contributed by atoms with Crippen molar-refractivity contribution in [3.05, 3.63) is 51.7 Å². The van der Waals surface area contributed by atoms with Gasteiger partial charge in [0.15, 0.2) is 12.4 Å². The number of aliphatic hydroxyl groups is 1. The number of nitriles is 1. The van der Waals surface area contributed by atoms with Crippen molar-refractivity contribution in [2.75, 3.05) is 11.9 Å². The predicted octanol–water partition coefficient (Wildman–Crippen LogP) is 3.02. The molecule has 1 saturated carbocycles. The number of aliphatic hydroxyl groups excluding tert-OH is 1. The molecule has 0 saturated heterocycles. The third kappa shape index (κ3) is 5.55. The monoisotopic (exact) mass is 415 g/mol. The van der Waals surface area contributed by atoms with Crippen molar-refractivity contribution in [2.24, 2.45) is 11.3 Å². The number of halogens is 1. The molecule has 8 heteroatoms. The Balaban J connectivity index is 1.65. The SMILES string of the molecule is CC1(C)C[C@H](Cc2nc(NCCc3cc(Cl)c[n+]([O-])c3)ncc2C#N)CC[C@@H]1O. The van der Waals surface area contributed by atoms with Gasteiger partial charge in [-0.3, -0.25) is 0 Å². The second kappa shape index (κ2) is 8.93. The van der Waals surface area contributed by atoms with Crippen LogP contribution in [-0.2, 0) is 12.8 Å². The largest absolute Gasteiger partial charge is 0.619 e. The first-order valence-electron chi connectivity index (χ1n) is 9.83. The first kappa shape index (κ1) is 21.3. The van der Waals surface area contributed by atoms with E-state index in [9.17, 15) is 15.6 Å². The van der Waals surface area contributed by atoms with Gasteiger partial charge in [0.1, 0.15) is 11.1 Å². The minimum absolute atomic E-state index is 0.126. The standard InChI is InChI=1S/C21H26ClN5O2/c1-21(2)9-14(3-4-19(21)28)8-18-16(10-23)11-25-20(26-18)24-6-5-15-7-17(22)13-27(29)12-15/h7,11-14,19,28H,3-6,8-9H2,1-2H3,(H,24,25,26)/t14-,19-/m0/s1. The predicted molar refractivity (Wildman–Crippen MR) is 110 cm³/mol. The molecule has 2 N–H and O–H groups in total. The maximum absolute atomic E-state index is 11.5. The van der Waals surface area contributed by atoms with Crippen LogP contribution >= 0.6 is 11.6 Å². The average Bonchev–Trinajstić information content (AvgIpc) is 2.64. The molecule has 1 aliphatic carbocycles. The van der Waals surface area contributed by atoms with E-state index in [1.165, 1.54) is 12.4 Å². The van der Waals surface area contributed by atoms with Crippen LogP contribution in [0.15, 0.2) is 24.7 Å². The fraction of sp³-hybridized carbons (Fsp3) is 0.524. The molecule has 0 bridgehead atoms. The fourth-order valence-corrected chi connectivity index (χ4v) is 4.23. The van der Waals surface area contributed by atoms with Crippen LogP contribution in [0.4, 0.5) is 5.95 Å². The summed E-state index contributed by atoms with van der Waals surface area (Å²) in [5, 5.41) is 34.6. The lowest BCUT2D eigenvalue weighted by Crippen LogP contribution is -2.37. The van der Waals surface area contributed by atoms with E-state index in [2.05, 4.69) is 35.2 Å². The minimum Gasteiger partial charge on any atom is -0.619 e. The number of rotatable bonds is 6. The number of anilines is 1. The number of hydrogen-bond acceptors (Lipinski definition) is 6. The van der Waals surface area contributed by atoms with E-state index in [0.717, 1.165) is 30.5 Å². The van der Waals surface area contributed by atoms with Gasteiger partial charge in [-0.2, -0.15) is 9.99 Å². The Labute approximate surface area is 176 Å². The zero-order chi connectivity index (χ0) is 21.0. The van der Waals surface area contributed by atoms with Crippen molar-refractivity contribution < 1.29 is 9.84 Å². The molecule has 0 spiro atoms. The van der Waals surface area contributed by atoms with Gasteiger partial charge in [-0.15, -0.1) is 0 Å². The van der Waals surface area contributed by atoms with Crippen LogP contribution in [0.1, 0.15) is 49.9 Å². The van der Waals surface area contributed by atoms with Gasteiger partial charge in [-0.25, -0.2) is 9.97 Å². The quantitative estimate of drug-likeness (QED) is 0.554. The summed E-state index contributed by atoms with van der Waals surface area (Å²) in [4.78, 5) is 8.80. The summed E-state index contributed by atoms with van der Waals surface area (Å²) >= 11 is 5.91. The van der Waals surface area contributed by atoms with Crippen molar-refractivity contribution in [1.82, 2.24) is 9.97 Å². The maximum atomic E-state index is 11.5. The summed E-state index contributed by atoms with van der Waals surface area (Å²) in [6.45, 7) is 4.71. The van der Waals surface area contributed by atoms with Gasteiger partial charge in [0.05, 0.1) is 23.6 Å². The molecule has 3 rings (SSSR count). The molecule has 1 fully saturated rings. The van der Waals surface area contributed by atoms with Gasteiger partial charge in [-0.05, 0) is 49.5 Å². The third-order valence-corrected chi connectivity index (χ3v) is 5.81. The van der Waals surface area contributed by atoms with Gasteiger partial charge >= 0.3 is 0 Å². The number of hydrogen-bond donors (Lipinski definition) is 2. The molecule has 2 aromatic rings. The first-order chi connectivity index (χ1) is 13.8. The second-order valence-electron chi connectivity index (χ2n) is 8.42. The highest BCUT2D eigenvalue weighted by molar-refractivity contribution is 6.30. The molecule has 0 unspecified atom stereocenters. The molecule has 154 valence electrons. The van der Waals surface area contributed by atoms with E-state index < -0.39 is 0 Å². The molecule has 0 radical (unpaired) electrons. The molecular weight excluding hydrogens is 390 g/mol. The molecular formula is C21H26ClN5O2. The fourth-order valence-electron chi connectivity index (χ4n) is 3.99. The van der Waals surface area contributed by atoms with Crippen LogP contribution in [0, 0.1) is 27.9 Å². The highest BCUT2D eigenvalue weighted by Crippen LogP contribution is 2.40. The van der Waals surface area contributed by atoms with Crippen molar-refractivity contribution in [3.8, 4) is 6.07 Å². The van der Waals surface area contributed by atoms with Gasteiger partial charge in [-0.1, -0.05) is 25.4 Å². The Morgan fingerprint density at radius 2 is 2.21 bits per heavy atom. The number of pyridine rings is 1. The van der Waals surface area contributed by atoms with Crippen molar-refractivity contribution >= 4 is 17.5 Å². The first-order valence-corrected chi connectivity index (χ1v) is 10.2. The molecule has 2 atom stereocenters. The Morgan fingerprint density at radius 3 is 2.90 bits per heavy atom. The summed E-state index contributed by atoms with van der Waals surface area (Å²) < 4.78 is 0.691. The van der Waals surface area contributed by atoms with Crippen LogP contribution in [0.25, 0.3) is 0 Å². The molecule has 2 aromatic heterocycles. The van der Waals surface area contributed by atoms with E-state index in [1.54, 1.807) is 12.3 Å². The van der Waals surface area contributed by atoms with Gasteiger partial charge in [0.2, 0.25) is 5.95 Å². The smallest absolute Gasteiger partial charge is 0.222 e. The van der Waals surface area contributed by atoms with Crippen LogP contribution in [0.2, 0.25) is 5.02 Å². The highest BCUT2D eigenvalue weighted by Gasteiger charge is 2.35. The van der Waals surface area contributed by atoms with Gasteiger partial charge < -0.3 is 15.6 Å². The van der Waals surface area contributed by atoms with Crippen LogP contribution in [-0.4, -0.2) is 27.7 Å². The van der Waals surface area contributed by atoms with E-state index in [-0.39, 0.29) is 11.5 Å². The highest BCUT2D eigenvalue weighted by atomic mass is 35.5. The summed E-state index contributed by atoms with van der Waals surface area (Å²) in [7, 11) is 0. The van der Waals surface area contributed by atoms with Crippen molar-refractivity contribution in [1.29, 1.82) is 5.26 Å². The lowest BCUT2D eigenvalue weighted by molar-refractivity contribution is -0.605. The normalized spacial score (nSPS) is 20.8. The Bertz CT molecular complexity index is 892. The molecule has 2 heterocycles. The second-order valence-corrected chi connectivity index (χ2v) is 8.86. The van der Waals surface area contributed by atoms with E-state index in [4.69, 9.17) is 11.6 Å². The number of nitrogens with one attached hydrogen (secondary N) is 1. The van der Waals surface area contributed by atoms with E-state index in [0.29, 0.717) is 46.6 Å². The lowest BCUT2D eigenvalue weighted by atomic mass is 9.69. The lowest BCUT2D eigenvalue weighted by Gasteiger charge is -2.39. The molecule has 0 aliphatic heterocycles. The maximum Gasteiger partial charge on any atom is 0.222 e. The molecule has 7 nitrogen and oxygen atoms in total. The Hall–Kier alpha value is -2.43. The third-order valence-electron chi connectivity index (χ3n) is 5.60. The van der Waals surface area contributed by atoms with Crippen molar-refractivity contribution in [3.63, 3.8) is 0 Å². The minimum atomic E-state index is -0.281. The van der Waals surface area contributed by atoms with Crippen LogP contribution in [0.3, 0.4) is 0 Å². The molecule has 0 amide bonds. The Kier molecular flexibility index (Phi) is 6.56. The molecule has 0 aromatic carbocycles. The summed E-state index contributed by atoms with van der Waals surface area (Å²) in [5.74, 6) is 0.841. The van der Waals surface area contributed by atoms with Gasteiger partial charge in [0.25, 0.3) is 0 Å². The van der Waals surface area contributed by atoms with Gasteiger partial charge in [0, 0.05) is 12.1 Å². The average molecular weight is 416 g/mol. The summed E-state index contributed by atoms with van der Waals surface area (Å²) in [6.07, 6.45) is 7.95. The number of nitrogens with zero attached hydrogens (tertiary/aromatic N) is 4. The topological polar surface area (TPSA) is 109 Å². The van der Waals surface area contributed by atoms with Crippen LogP contribution in [0.5, 0.6) is 0 Å². The van der Waals surface area contributed by atoms with E-state index in [1.807, 2.05) is 0 Å². The molecule has 29 heavy (non-hydrogen) atoms. The van der Waals surface area contributed by atoms with Crippen molar-refractivity contribution in [2.45, 2.75) is 52.1 Å². The summed E-state index contributed by atoms with van der Waals surface area (Å²) in [5.41, 5.74) is 1.92. The van der Waals surface area contributed by atoms with E-state index >= 15 is 0 Å². The number of aromatic nitrogens is 3. The Morgan fingerprint density at radius 1 is 1.41 bits per heavy atom. The summed E-state index contributed by atoms with van der Waals surface area (Å²) in [6, 6.07) is 3.93. The molecule has 1 aliphatic rings. The zero-order valence-corrected chi connectivity index (χ0v) is 17.5. The zero-order valence-electron chi connectivity index (χ0n) is 16.7. The van der Waals surface area contributed by atoms with Crippen LogP contribution < -0.4 is 10.0 Å².